The molecule has 1 atom stereocenters. The van der Waals surface area contributed by atoms with Gasteiger partial charge >= 0.3 is 0 Å². The van der Waals surface area contributed by atoms with Crippen LogP contribution in [0.15, 0.2) is 23.1 Å². The standard InChI is InChI=1S/C14H22ClNOS/c1-10(2)16-9-12-4-5-13(15)8-14(12)18-11(3)6-7-17/h4-5,8,10-11,16-17H,6-7,9H2,1-3H3. The number of thioether (sulfide) groups is 1. The lowest BCUT2D eigenvalue weighted by atomic mass is 10.2. The van der Waals surface area contributed by atoms with Crippen LogP contribution in [0.5, 0.6) is 0 Å². The SMILES string of the molecule is CC(C)NCc1ccc(Cl)cc1SC(C)CCO. The average molecular weight is 288 g/mol. The summed E-state index contributed by atoms with van der Waals surface area (Å²) in [6.07, 6.45) is 0.800. The van der Waals surface area contributed by atoms with Crippen LogP contribution in [-0.2, 0) is 6.54 Å². The van der Waals surface area contributed by atoms with Crippen molar-refractivity contribution in [3.63, 3.8) is 0 Å². The molecule has 18 heavy (non-hydrogen) atoms. The lowest BCUT2D eigenvalue weighted by Crippen LogP contribution is -2.22. The fourth-order valence-corrected chi connectivity index (χ4v) is 2.94. The van der Waals surface area contributed by atoms with Crippen LogP contribution in [-0.4, -0.2) is 23.0 Å². The van der Waals surface area contributed by atoms with E-state index in [9.17, 15) is 0 Å². The Balaban J connectivity index is 2.76. The van der Waals surface area contributed by atoms with Gasteiger partial charge in [0, 0.05) is 34.4 Å². The van der Waals surface area contributed by atoms with Gasteiger partial charge < -0.3 is 10.4 Å². The second-order valence-electron chi connectivity index (χ2n) is 4.73. The molecule has 2 N–H and O–H groups in total. The summed E-state index contributed by atoms with van der Waals surface area (Å²) in [5.41, 5.74) is 1.27. The number of hydrogen-bond acceptors (Lipinski definition) is 3. The summed E-state index contributed by atoms with van der Waals surface area (Å²) in [6.45, 7) is 7.48. The third-order valence-electron chi connectivity index (χ3n) is 2.59. The second-order valence-corrected chi connectivity index (χ2v) is 6.65. The Bertz CT molecular complexity index is 371. The van der Waals surface area contributed by atoms with Gasteiger partial charge in [0.15, 0.2) is 0 Å². The van der Waals surface area contributed by atoms with Crippen LogP contribution in [0.3, 0.4) is 0 Å². The minimum Gasteiger partial charge on any atom is -0.396 e. The van der Waals surface area contributed by atoms with Crippen LogP contribution < -0.4 is 5.32 Å². The van der Waals surface area contributed by atoms with Gasteiger partial charge in [0.2, 0.25) is 0 Å². The van der Waals surface area contributed by atoms with Crippen molar-refractivity contribution in [1.29, 1.82) is 0 Å². The van der Waals surface area contributed by atoms with Crippen LogP contribution >= 0.6 is 23.4 Å². The Hall–Kier alpha value is -0.220. The van der Waals surface area contributed by atoms with E-state index in [-0.39, 0.29) is 6.61 Å². The lowest BCUT2D eigenvalue weighted by molar-refractivity contribution is 0.289. The zero-order valence-corrected chi connectivity index (χ0v) is 12.8. The van der Waals surface area contributed by atoms with Gasteiger partial charge in [0.25, 0.3) is 0 Å². The molecule has 0 aliphatic rings. The molecule has 102 valence electrons. The molecule has 1 rings (SSSR count). The van der Waals surface area contributed by atoms with Crippen molar-refractivity contribution in [2.24, 2.45) is 0 Å². The smallest absolute Gasteiger partial charge is 0.0441 e. The summed E-state index contributed by atoms with van der Waals surface area (Å²) < 4.78 is 0. The van der Waals surface area contributed by atoms with Gasteiger partial charge in [-0.25, -0.2) is 0 Å². The average Bonchev–Trinajstić information content (AvgIpc) is 2.28. The van der Waals surface area contributed by atoms with E-state index < -0.39 is 0 Å². The molecule has 0 radical (unpaired) electrons. The van der Waals surface area contributed by atoms with Crippen molar-refractivity contribution in [1.82, 2.24) is 5.32 Å². The highest BCUT2D eigenvalue weighted by Crippen LogP contribution is 2.30. The molecule has 0 aliphatic heterocycles. The first-order valence-corrected chi connectivity index (χ1v) is 7.58. The first-order valence-electron chi connectivity index (χ1n) is 6.32. The first kappa shape index (κ1) is 15.8. The van der Waals surface area contributed by atoms with Gasteiger partial charge in [-0.2, -0.15) is 0 Å². The Morgan fingerprint density at radius 1 is 1.33 bits per heavy atom. The van der Waals surface area contributed by atoms with E-state index in [0.717, 1.165) is 18.0 Å². The zero-order chi connectivity index (χ0) is 13.5. The predicted molar refractivity (Wildman–Crippen MR) is 80.4 cm³/mol. The van der Waals surface area contributed by atoms with Crippen LogP contribution in [0.25, 0.3) is 0 Å². The minimum absolute atomic E-state index is 0.230. The molecule has 0 saturated heterocycles. The molecule has 4 heteroatoms. The maximum Gasteiger partial charge on any atom is 0.0441 e. The van der Waals surface area contributed by atoms with E-state index in [2.05, 4.69) is 32.2 Å². The third-order valence-corrected chi connectivity index (χ3v) is 4.10. The topological polar surface area (TPSA) is 32.3 Å². The maximum atomic E-state index is 8.96. The largest absolute Gasteiger partial charge is 0.396 e. The van der Waals surface area contributed by atoms with Gasteiger partial charge in [-0.15, -0.1) is 11.8 Å². The summed E-state index contributed by atoms with van der Waals surface area (Å²) in [7, 11) is 0. The van der Waals surface area contributed by atoms with Crippen LogP contribution in [0.1, 0.15) is 32.8 Å². The maximum absolute atomic E-state index is 8.96. The number of hydrogen-bond donors (Lipinski definition) is 2. The Morgan fingerprint density at radius 3 is 2.67 bits per heavy atom. The van der Waals surface area contributed by atoms with Crippen molar-refractivity contribution in [3.8, 4) is 0 Å². The Kier molecular flexibility index (Phi) is 7.08. The molecule has 0 saturated carbocycles. The van der Waals surface area contributed by atoms with Gasteiger partial charge in [0.05, 0.1) is 0 Å². The summed E-state index contributed by atoms with van der Waals surface area (Å²) in [5.74, 6) is 0. The lowest BCUT2D eigenvalue weighted by Gasteiger charge is -2.15. The molecular formula is C14H22ClNOS. The van der Waals surface area contributed by atoms with E-state index in [0.29, 0.717) is 11.3 Å². The van der Waals surface area contributed by atoms with Crippen LogP contribution in [0, 0.1) is 0 Å². The van der Waals surface area contributed by atoms with E-state index in [4.69, 9.17) is 16.7 Å². The highest BCUT2D eigenvalue weighted by atomic mass is 35.5. The molecule has 0 aliphatic carbocycles. The quantitative estimate of drug-likeness (QED) is 0.750. The number of benzene rings is 1. The first-order chi connectivity index (χ1) is 8.52. The Morgan fingerprint density at radius 2 is 2.06 bits per heavy atom. The predicted octanol–water partition coefficient (Wildman–Crippen LogP) is 3.70. The van der Waals surface area contributed by atoms with Crippen LogP contribution in [0.4, 0.5) is 0 Å². The molecule has 0 heterocycles. The number of aliphatic hydroxyl groups is 1. The number of nitrogens with one attached hydrogen (secondary N) is 1. The number of halogens is 1. The monoisotopic (exact) mass is 287 g/mol. The van der Waals surface area contributed by atoms with Gasteiger partial charge in [-0.3, -0.25) is 0 Å². The van der Waals surface area contributed by atoms with E-state index in [1.165, 1.54) is 10.5 Å². The minimum atomic E-state index is 0.230. The van der Waals surface area contributed by atoms with Crippen LogP contribution in [0.2, 0.25) is 5.02 Å². The third kappa shape index (κ3) is 5.61. The fourth-order valence-electron chi connectivity index (χ4n) is 1.56. The molecule has 0 aromatic heterocycles. The van der Waals surface area contributed by atoms with Crippen molar-refractivity contribution >= 4 is 23.4 Å². The number of aliphatic hydroxyl groups excluding tert-OH is 1. The van der Waals surface area contributed by atoms with E-state index in [1.807, 2.05) is 12.1 Å². The zero-order valence-electron chi connectivity index (χ0n) is 11.2. The fraction of sp³-hybridized carbons (Fsp3) is 0.571. The second kappa shape index (κ2) is 8.05. The van der Waals surface area contributed by atoms with Crippen molar-refractivity contribution in [3.05, 3.63) is 28.8 Å². The summed E-state index contributed by atoms with van der Waals surface area (Å²) in [5, 5.41) is 13.5. The molecule has 0 amide bonds. The summed E-state index contributed by atoms with van der Waals surface area (Å²) in [4.78, 5) is 1.21. The molecule has 2 nitrogen and oxygen atoms in total. The number of rotatable bonds is 7. The van der Waals surface area contributed by atoms with E-state index >= 15 is 0 Å². The molecule has 0 bridgehead atoms. The van der Waals surface area contributed by atoms with Crippen molar-refractivity contribution in [2.45, 2.75) is 49.9 Å². The Labute approximate surface area is 119 Å². The summed E-state index contributed by atoms with van der Waals surface area (Å²) >= 11 is 7.83. The highest BCUT2D eigenvalue weighted by molar-refractivity contribution is 8.00. The molecule has 1 unspecified atom stereocenters. The molecule has 0 fully saturated rings. The van der Waals surface area contributed by atoms with Crippen molar-refractivity contribution in [2.75, 3.05) is 6.61 Å². The normalized spacial score (nSPS) is 13.0. The molecule has 0 spiro atoms. The molecule has 1 aromatic carbocycles. The van der Waals surface area contributed by atoms with Gasteiger partial charge in [-0.1, -0.05) is 38.4 Å². The molecule has 1 aromatic rings. The summed E-state index contributed by atoms with van der Waals surface area (Å²) in [6, 6.07) is 6.48. The molecular weight excluding hydrogens is 266 g/mol. The van der Waals surface area contributed by atoms with Crippen molar-refractivity contribution < 1.29 is 5.11 Å². The highest BCUT2D eigenvalue weighted by Gasteiger charge is 2.09. The van der Waals surface area contributed by atoms with Gasteiger partial charge in [-0.05, 0) is 24.1 Å². The van der Waals surface area contributed by atoms with Gasteiger partial charge in [0.1, 0.15) is 0 Å². The van der Waals surface area contributed by atoms with E-state index in [1.54, 1.807) is 11.8 Å².